The van der Waals surface area contributed by atoms with Crippen LogP contribution in [0.5, 0.6) is 0 Å². The number of ether oxygens (including phenoxy) is 3. The number of carbonyl (C=O) groups is 2. The standard InChI is InChI=1S/C22H24N4O8S2/c1-13(27)31-9-16-18(34-36(29,30)10-15-7-5-4-6-8-15)19(32-14(2)28)21(33-16)26-12-25-20-17(22(26)35-3)23-11-24-20/h4-8,11-12,16,18-19,21H,9-10H2,1-3H3/t16-,18+,19-,21-/m1/s1. The molecule has 36 heavy (non-hydrogen) atoms. The SMILES string of the molecule is CSc1c2ncnc-2ncn1[C@@H]1O[C@H](COC(C)=O)[C@H](OS(=O)(=O)Cc2ccccc2)[C@H]1OC(C)=O. The van der Waals surface area contributed by atoms with Crippen LogP contribution in [0.1, 0.15) is 25.6 Å². The van der Waals surface area contributed by atoms with E-state index in [1.165, 1.54) is 38.3 Å². The molecule has 192 valence electrons. The van der Waals surface area contributed by atoms with Gasteiger partial charge < -0.3 is 14.2 Å². The lowest BCUT2D eigenvalue weighted by molar-refractivity contribution is -0.155. The number of hydrogen-bond acceptors (Lipinski definition) is 12. The molecule has 0 saturated carbocycles. The van der Waals surface area contributed by atoms with E-state index in [9.17, 15) is 18.0 Å². The monoisotopic (exact) mass is 536 g/mol. The van der Waals surface area contributed by atoms with Gasteiger partial charge in [-0.3, -0.25) is 18.3 Å². The number of hydrogen-bond donors (Lipinski definition) is 0. The second-order valence-electron chi connectivity index (χ2n) is 7.90. The first kappa shape index (κ1) is 26.0. The predicted molar refractivity (Wildman–Crippen MR) is 126 cm³/mol. The molecule has 3 aliphatic heterocycles. The number of carbonyl (C=O) groups excluding carboxylic acids is 2. The number of esters is 2. The zero-order valence-corrected chi connectivity index (χ0v) is 21.3. The van der Waals surface area contributed by atoms with Crippen molar-refractivity contribution in [1.29, 1.82) is 0 Å². The van der Waals surface area contributed by atoms with Crippen LogP contribution in [0.15, 0.2) is 48.0 Å². The highest BCUT2D eigenvalue weighted by Crippen LogP contribution is 2.39. The van der Waals surface area contributed by atoms with Gasteiger partial charge in [0.2, 0.25) is 0 Å². The molecule has 0 aromatic heterocycles. The van der Waals surface area contributed by atoms with Gasteiger partial charge >= 0.3 is 11.9 Å². The molecule has 1 saturated heterocycles. The fourth-order valence-electron chi connectivity index (χ4n) is 3.86. The molecule has 1 aromatic rings. The van der Waals surface area contributed by atoms with E-state index < -0.39 is 52.3 Å². The number of nitrogens with zero attached hydrogens (tertiary/aromatic N) is 4. The lowest BCUT2D eigenvalue weighted by Crippen LogP contribution is -2.41. The molecule has 0 amide bonds. The Bertz CT molecular complexity index is 1300. The van der Waals surface area contributed by atoms with Crippen LogP contribution < -0.4 is 0 Å². The Hall–Kier alpha value is -3.07. The molecule has 0 bridgehead atoms. The molecular formula is C22H24N4O8S2. The van der Waals surface area contributed by atoms with Gasteiger partial charge in [0.05, 0.1) is 0 Å². The van der Waals surface area contributed by atoms with E-state index in [4.69, 9.17) is 18.4 Å². The summed E-state index contributed by atoms with van der Waals surface area (Å²) in [5, 5.41) is 0.596. The van der Waals surface area contributed by atoms with Crippen molar-refractivity contribution in [3.05, 3.63) is 48.5 Å². The third-order valence-corrected chi connectivity index (χ3v) is 7.26. The zero-order chi connectivity index (χ0) is 25.9. The van der Waals surface area contributed by atoms with Crippen molar-refractivity contribution in [2.75, 3.05) is 12.9 Å². The fraction of sp³-hybridized carbons (Fsp3) is 0.409. The second-order valence-corrected chi connectivity index (χ2v) is 10.3. The van der Waals surface area contributed by atoms with Crippen LogP contribution in [0.2, 0.25) is 0 Å². The molecule has 0 unspecified atom stereocenters. The largest absolute Gasteiger partial charge is 0.463 e. The molecule has 3 aliphatic rings. The predicted octanol–water partition coefficient (Wildman–Crippen LogP) is 1.81. The van der Waals surface area contributed by atoms with Crippen molar-refractivity contribution < 1.29 is 36.4 Å². The van der Waals surface area contributed by atoms with Crippen molar-refractivity contribution in [1.82, 2.24) is 19.5 Å². The normalized spacial score (nSPS) is 22.0. The number of fused-ring (bicyclic) bond motifs is 1. The summed E-state index contributed by atoms with van der Waals surface area (Å²) in [6.45, 7) is 2.08. The molecule has 0 radical (unpaired) electrons. The average Bonchev–Trinajstić information content (AvgIpc) is 3.42. The minimum Gasteiger partial charge on any atom is -0.463 e. The number of benzene rings is 1. The maximum Gasteiger partial charge on any atom is 0.303 e. The highest BCUT2D eigenvalue weighted by molar-refractivity contribution is 7.98. The third-order valence-electron chi connectivity index (χ3n) is 5.27. The van der Waals surface area contributed by atoms with Crippen LogP contribution in [0, 0.1) is 0 Å². The van der Waals surface area contributed by atoms with Gasteiger partial charge in [-0.15, -0.1) is 11.8 Å². The Morgan fingerprint density at radius 1 is 1.08 bits per heavy atom. The minimum atomic E-state index is -4.17. The molecule has 1 fully saturated rings. The van der Waals surface area contributed by atoms with E-state index in [1.54, 1.807) is 34.9 Å². The van der Waals surface area contributed by atoms with Gasteiger partial charge in [-0.05, 0) is 11.8 Å². The Kier molecular flexibility index (Phi) is 7.88. The van der Waals surface area contributed by atoms with Crippen molar-refractivity contribution >= 4 is 33.8 Å². The molecule has 4 atom stereocenters. The van der Waals surface area contributed by atoms with E-state index in [1.807, 2.05) is 6.26 Å². The maximum atomic E-state index is 13.0. The summed E-state index contributed by atoms with van der Waals surface area (Å²) >= 11 is 1.33. The smallest absolute Gasteiger partial charge is 0.303 e. The van der Waals surface area contributed by atoms with E-state index in [0.29, 0.717) is 22.1 Å². The average molecular weight is 537 g/mol. The van der Waals surface area contributed by atoms with Gasteiger partial charge in [0.25, 0.3) is 10.1 Å². The molecule has 14 heteroatoms. The van der Waals surface area contributed by atoms with Crippen LogP contribution in [0.25, 0.3) is 11.5 Å². The molecule has 4 rings (SSSR count). The van der Waals surface area contributed by atoms with Crippen molar-refractivity contribution in [2.45, 2.75) is 49.2 Å². The van der Waals surface area contributed by atoms with E-state index in [-0.39, 0.29) is 6.61 Å². The topological polar surface area (TPSA) is 149 Å². The Morgan fingerprint density at radius 2 is 1.83 bits per heavy atom. The zero-order valence-electron chi connectivity index (χ0n) is 19.6. The molecule has 12 nitrogen and oxygen atoms in total. The number of rotatable bonds is 9. The van der Waals surface area contributed by atoms with Crippen LogP contribution in [-0.2, 0) is 43.9 Å². The number of imidazole rings is 1. The number of thioether (sulfide) groups is 1. The molecule has 0 N–H and O–H groups in total. The quantitative estimate of drug-likeness (QED) is 0.170. The fourth-order valence-corrected chi connectivity index (χ4v) is 5.80. The van der Waals surface area contributed by atoms with Gasteiger partial charge in [0.1, 0.15) is 47.9 Å². The van der Waals surface area contributed by atoms with Crippen LogP contribution in [0.3, 0.4) is 0 Å². The maximum absolute atomic E-state index is 13.0. The third kappa shape index (κ3) is 5.83. The van der Waals surface area contributed by atoms with Gasteiger partial charge in [-0.1, -0.05) is 30.3 Å². The minimum absolute atomic E-state index is 0.323. The second kappa shape index (κ2) is 10.9. The summed E-state index contributed by atoms with van der Waals surface area (Å²) in [4.78, 5) is 36.2. The Labute approximate surface area is 211 Å². The Balaban J connectivity index is 1.72. The summed E-state index contributed by atoms with van der Waals surface area (Å²) in [7, 11) is -4.17. The summed E-state index contributed by atoms with van der Waals surface area (Å²) in [6.07, 6.45) is -0.0352. The van der Waals surface area contributed by atoms with Crippen molar-refractivity contribution in [3.63, 3.8) is 0 Å². The summed E-state index contributed by atoms with van der Waals surface area (Å²) in [5.41, 5.74) is 1.00. The van der Waals surface area contributed by atoms with Crippen molar-refractivity contribution in [3.8, 4) is 11.5 Å². The summed E-state index contributed by atoms with van der Waals surface area (Å²) in [5.74, 6) is -1.27. The molecule has 0 spiro atoms. The van der Waals surface area contributed by atoms with Crippen molar-refractivity contribution in [2.24, 2.45) is 0 Å². The molecule has 0 aliphatic carbocycles. The van der Waals surface area contributed by atoms with E-state index in [0.717, 1.165) is 0 Å². The molecule has 3 heterocycles. The van der Waals surface area contributed by atoms with Gasteiger partial charge in [-0.25, -0.2) is 15.0 Å². The van der Waals surface area contributed by atoms with Gasteiger partial charge in [0, 0.05) is 13.8 Å². The first-order valence-electron chi connectivity index (χ1n) is 10.8. The lowest BCUT2D eigenvalue weighted by atomic mass is 10.1. The summed E-state index contributed by atoms with van der Waals surface area (Å²) in [6, 6.07) is 8.48. The molecular weight excluding hydrogens is 512 g/mol. The highest BCUT2D eigenvalue weighted by Gasteiger charge is 2.51. The first-order chi connectivity index (χ1) is 17.2. The first-order valence-corrected chi connectivity index (χ1v) is 13.6. The van der Waals surface area contributed by atoms with E-state index >= 15 is 0 Å². The summed E-state index contributed by atoms with van der Waals surface area (Å²) < 4.78 is 49.9. The van der Waals surface area contributed by atoms with E-state index in [2.05, 4.69) is 15.0 Å². The van der Waals surface area contributed by atoms with Crippen LogP contribution in [-0.4, -0.2) is 71.0 Å². The highest BCUT2D eigenvalue weighted by atomic mass is 32.2. The lowest BCUT2D eigenvalue weighted by Gasteiger charge is -2.26. The van der Waals surface area contributed by atoms with Crippen LogP contribution >= 0.6 is 11.8 Å². The van der Waals surface area contributed by atoms with Crippen LogP contribution in [0.4, 0.5) is 0 Å². The molecule has 1 aromatic carbocycles. The number of aromatic nitrogens is 4. The van der Waals surface area contributed by atoms with Gasteiger partial charge in [0.15, 0.2) is 18.2 Å². The van der Waals surface area contributed by atoms with Gasteiger partial charge in [-0.2, -0.15) is 8.42 Å². The Morgan fingerprint density at radius 3 is 2.50 bits per heavy atom.